The van der Waals surface area contributed by atoms with Gasteiger partial charge in [-0.15, -0.1) is 0 Å². The Morgan fingerprint density at radius 1 is 1.03 bits per heavy atom. The van der Waals surface area contributed by atoms with Gasteiger partial charge in [0.25, 0.3) is 0 Å². The van der Waals surface area contributed by atoms with Gasteiger partial charge < -0.3 is 14.8 Å². The average Bonchev–Trinajstić information content (AvgIpc) is 2.76. The first-order chi connectivity index (χ1) is 15.3. The lowest BCUT2D eigenvalue weighted by atomic mass is 9.68. The number of fused-ring (bicyclic) bond motifs is 4. The molecular weight excluding hydrogens is 466 g/mol. The van der Waals surface area contributed by atoms with E-state index in [0.29, 0.717) is 17.9 Å². The molecule has 1 heterocycles. The van der Waals surface area contributed by atoms with Crippen LogP contribution in [0.1, 0.15) is 43.9 Å². The average molecular weight is 492 g/mol. The first kappa shape index (κ1) is 21.1. The molecule has 0 bridgehead atoms. The maximum Gasteiger partial charge on any atom is 0.174 e. The molecule has 0 fully saturated rings. The molecule has 0 aromatic heterocycles. The van der Waals surface area contributed by atoms with E-state index in [1.807, 2.05) is 12.1 Å². The monoisotopic (exact) mass is 491 g/mol. The molecule has 5 rings (SSSR count). The summed E-state index contributed by atoms with van der Waals surface area (Å²) in [6, 6.07) is 16.4. The van der Waals surface area contributed by atoms with E-state index in [9.17, 15) is 4.79 Å². The molecule has 1 N–H and O–H groups in total. The third-order valence-corrected chi connectivity index (χ3v) is 7.12. The number of rotatable bonds is 3. The maximum atomic E-state index is 13.6. The van der Waals surface area contributed by atoms with Gasteiger partial charge in [0.1, 0.15) is 0 Å². The van der Waals surface area contributed by atoms with Gasteiger partial charge in [-0.3, -0.25) is 4.79 Å². The van der Waals surface area contributed by atoms with Crippen molar-refractivity contribution in [1.29, 1.82) is 0 Å². The fourth-order valence-corrected chi connectivity index (χ4v) is 5.81. The SMILES string of the molecule is COc1cc([C@@H]2Nc3ccc4ccccc4c3C3=C2C(=O)CC(C)(C)C3)cc(Br)c1OC. The van der Waals surface area contributed by atoms with Crippen molar-refractivity contribution in [2.75, 3.05) is 19.5 Å². The zero-order valence-corrected chi connectivity index (χ0v) is 20.3. The van der Waals surface area contributed by atoms with E-state index in [1.54, 1.807) is 14.2 Å². The summed E-state index contributed by atoms with van der Waals surface area (Å²) in [6.45, 7) is 4.37. The third kappa shape index (κ3) is 3.30. The van der Waals surface area contributed by atoms with Crippen LogP contribution in [-0.4, -0.2) is 20.0 Å². The second-order valence-electron chi connectivity index (χ2n) is 9.36. The Kier molecular flexibility index (Phi) is 5.05. The Morgan fingerprint density at radius 3 is 2.56 bits per heavy atom. The van der Waals surface area contributed by atoms with Crippen molar-refractivity contribution in [2.45, 2.75) is 32.7 Å². The minimum atomic E-state index is -0.252. The molecule has 0 unspecified atom stereocenters. The van der Waals surface area contributed by atoms with E-state index < -0.39 is 0 Å². The molecule has 32 heavy (non-hydrogen) atoms. The van der Waals surface area contributed by atoms with E-state index in [1.165, 1.54) is 10.8 Å². The van der Waals surface area contributed by atoms with Crippen LogP contribution < -0.4 is 14.8 Å². The summed E-state index contributed by atoms with van der Waals surface area (Å²) in [4.78, 5) is 13.6. The highest BCUT2D eigenvalue weighted by Crippen LogP contribution is 2.53. The predicted octanol–water partition coefficient (Wildman–Crippen LogP) is 6.93. The highest BCUT2D eigenvalue weighted by Gasteiger charge is 2.41. The van der Waals surface area contributed by atoms with Crippen LogP contribution in [0.3, 0.4) is 0 Å². The fourth-order valence-electron chi connectivity index (χ4n) is 5.19. The van der Waals surface area contributed by atoms with Crippen molar-refractivity contribution >= 4 is 43.7 Å². The van der Waals surface area contributed by atoms with Gasteiger partial charge in [-0.25, -0.2) is 0 Å². The van der Waals surface area contributed by atoms with Gasteiger partial charge in [0.15, 0.2) is 17.3 Å². The molecule has 164 valence electrons. The Labute approximate surface area is 196 Å². The largest absolute Gasteiger partial charge is 0.493 e. The van der Waals surface area contributed by atoms with Crippen LogP contribution in [0, 0.1) is 5.41 Å². The van der Waals surface area contributed by atoms with Gasteiger partial charge in [0.05, 0.1) is 24.7 Å². The van der Waals surface area contributed by atoms with Gasteiger partial charge >= 0.3 is 0 Å². The maximum absolute atomic E-state index is 13.6. The van der Waals surface area contributed by atoms with E-state index in [4.69, 9.17) is 9.47 Å². The minimum Gasteiger partial charge on any atom is -0.493 e. The number of anilines is 1. The normalized spacial score (nSPS) is 19.3. The molecule has 1 aliphatic carbocycles. The van der Waals surface area contributed by atoms with E-state index in [-0.39, 0.29) is 17.2 Å². The Morgan fingerprint density at radius 2 is 1.81 bits per heavy atom. The lowest BCUT2D eigenvalue weighted by Crippen LogP contribution is -2.33. The molecule has 0 saturated carbocycles. The summed E-state index contributed by atoms with van der Waals surface area (Å²) >= 11 is 3.62. The topological polar surface area (TPSA) is 47.6 Å². The number of carbonyl (C=O) groups is 1. The first-order valence-electron chi connectivity index (χ1n) is 10.8. The van der Waals surface area contributed by atoms with E-state index in [2.05, 4.69) is 71.5 Å². The lowest BCUT2D eigenvalue weighted by molar-refractivity contribution is -0.118. The Bertz CT molecular complexity index is 1290. The third-order valence-electron chi connectivity index (χ3n) is 6.53. The molecule has 3 aromatic carbocycles. The predicted molar refractivity (Wildman–Crippen MR) is 132 cm³/mol. The van der Waals surface area contributed by atoms with Crippen molar-refractivity contribution in [2.24, 2.45) is 5.41 Å². The number of nitrogens with one attached hydrogen (secondary N) is 1. The zero-order chi connectivity index (χ0) is 22.6. The first-order valence-corrected chi connectivity index (χ1v) is 11.6. The van der Waals surface area contributed by atoms with Gasteiger partial charge in [0.2, 0.25) is 0 Å². The Balaban J connectivity index is 1.78. The Hall–Kier alpha value is -2.79. The van der Waals surface area contributed by atoms with Gasteiger partial charge in [-0.2, -0.15) is 0 Å². The molecule has 1 atom stereocenters. The summed E-state index contributed by atoms with van der Waals surface area (Å²) in [7, 11) is 3.25. The molecule has 0 radical (unpaired) electrons. The number of halogens is 1. The minimum absolute atomic E-state index is 0.0792. The van der Waals surface area contributed by atoms with E-state index in [0.717, 1.165) is 38.9 Å². The molecule has 4 nitrogen and oxygen atoms in total. The quantitative estimate of drug-likeness (QED) is 0.431. The number of ether oxygens (including phenoxy) is 2. The second-order valence-corrected chi connectivity index (χ2v) is 10.2. The van der Waals surface area contributed by atoms with Crippen molar-refractivity contribution in [1.82, 2.24) is 0 Å². The number of ketones is 1. The van der Waals surface area contributed by atoms with E-state index >= 15 is 0 Å². The summed E-state index contributed by atoms with van der Waals surface area (Å²) in [5, 5.41) is 6.05. The molecule has 0 spiro atoms. The molecule has 1 aliphatic heterocycles. The molecular formula is C27H26BrNO3. The molecule has 2 aliphatic rings. The molecule has 0 saturated heterocycles. The smallest absolute Gasteiger partial charge is 0.174 e. The van der Waals surface area contributed by atoms with Crippen molar-refractivity contribution in [3.8, 4) is 11.5 Å². The molecule has 5 heteroatoms. The number of Topliss-reactive ketones (excluding diaryl/α,β-unsaturated/α-hetero) is 1. The van der Waals surface area contributed by atoms with Crippen LogP contribution in [-0.2, 0) is 4.79 Å². The van der Waals surface area contributed by atoms with Gasteiger partial charge in [-0.1, -0.05) is 44.2 Å². The second kappa shape index (κ2) is 7.66. The van der Waals surface area contributed by atoms with Crippen LogP contribution in [0.5, 0.6) is 11.5 Å². The zero-order valence-electron chi connectivity index (χ0n) is 18.7. The number of benzene rings is 3. The van der Waals surface area contributed by atoms with Crippen molar-refractivity contribution < 1.29 is 14.3 Å². The number of methoxy groups -OCH3 is 2. The van der Waals surface area contributed by atoms with Crippen molar-refractivity contribution in [3.63, 3.8) is 0 Å². The van der Waals surface area contributed by atoms with Gasteiger partial charge in [0, 0.05) is 23.2 Å². The summed E-state index contributed by atoms with van der Waals surface area (Å²) in [6.07, 6.45) is 1.40. The number of hydrogen-bond donors (Lipinski definition) is 1. The molecule has 0 amide bonds. The number of hydrogen-bond acceptors (Lipinski definition) is 4. The lowest BCUT2D eigenvalue weighted by Gasteiger charge is -2.40. The van der Waals surface area contributed by atoms with Crippen LogP contribution in [0.15, 0.2) is 58.6 Å². The van der Waals surface area contributed by atoms with Crippen LogP contribution in [0.2, 0.25) is 0 Å². The standard InChI is InChI=1S/C27H26BrNO3/c1-27(2)13-18-23-17-8-6-5-7-15(17)9-10-20(23)29-25(24(18)21(30)14-27)16-11-19(28)26(32-4)22(12-16)31-3/h5-12,25,29H,13-14H2,1-4H3/t25-/m0/s1. The number of carbonyl (C=O) groups excluding carboxylic acids is 1. The molecule has 3 aromatic rings. The fraction of sp³-hybridized carbons (Fsp3) is 0.296. The number of allylic oxidation sites excluding steroid dienone is 1. The summed E-state index contributed by atoms with van der Waals surface area (Å²) in [5.41, 5.74) is 5.14. The van der Waals surface area contributed by atoms with Gasteiger partial charge in [-0.05, 0) is 67.9 Å². The van der Waals surface area contributed by atoms with Crippen LogP contribution in [0.4, 0.5) is 5.69 Å². The highest BCUT2D eigenvalue weighted by molar-refractivity contribution is 9.10. The van der Waals surface area contributed by atoms with Crippen LogP contribution in [0.25, 0.3) is 16.3 Å². The summed E-state index contributed by atoms with van der Waals surface area (Å²) in [5.74, 6) is 1.48. The van der Waals surface area contributed by atoms with Crippen LogP contribution >= 0.6 is 15.9 Å². The highest BCUT2D eigenvalue weighted by atomic mass is 79.9. The van der Waals surface area contributed by atoms with Crippen molar-refractivity contribution in [3.05, 3.63) is 69.7 Å². The summed E-state index contributed by atoms with van der Waals surface area (Å²) < 4.78 is 11.9.